The second kappa shape index (κ2) is 10.0. The first kappa shape index (κ1) is 22.1. The van der Waals surface area contributed by atoms with Gasteiger partial charge in [-0.3, -0.25) is 19.4 Å². The fourth-order valence-corrected chi connectivity index (χ4v) is 4.64. The molecule has 0 saturated carbocycles. The standard InChI is InChI=1S/C25H32N4O3/c1-19(30)29-23-7-4-3-6-20(23)18-24(29)25(31)26-12-5-13-27-14-16-28(17-15-27)21-8-10-22(32-2)11-9-21/h3-4,6-11,24H,5,12-18H2,1-2H3,(H,26,31). The van der Waals surface area contributed by atoms with Crippen LogP contribution in [0.4, 0.5) is 11.4 Å². The molecular formula is C25H32N4O3. The van der Waals surface area contributed by atoms with E-state index in [1.165, 1.54) is 12.6 Å². The van der Waals surface area contributed by atoms with E-state index in [0.717, 1.165) is 56.1 Å². The number of carbonyl (C=O) groups excluding carboxylic acids is 2. The van der Waals surface area contributed by atoms with Crippen molar-refractivity contribution in [3.05, 3.63) is 54.1 Å². The Balaban J connectivity index is 1.19. The van der Waals surface area contributed by atoms with Crippen LogP contribution in [-0.4, -0.2) is 69.1 Å². The number of anilines is 2. The number of para-hydroxylation sites is 1. The summed E-state index contributed by atoms with van der Waals surface area (Å²) in [6.07, 6.45) is 1.48. The highest BCUT2D eigenvalue weighted by Gasteiger charge is 2.36. The maximum Gasteiger partial charge on any atom is 0.243 e. The number of amides is 2. The predicted octanol–water partition coefficient (Wildman–Crippen LogP) is 2.30. The molecule has 2 aliphatic heterocycles. The van der Waals surface area contributed by atoms with E-state index in [1.807, 2.05) is 36.4 Å². The minimum absolute atomic E-state index is 0.0688. The molecule has 0 aliphatic carbocycles. The average Bonchev–Trinajstić information content (AvgIpc) is 3.22. The number of benzene rings is 2. The van der Waals surface area contributed by atoms with Crippen molar-refractivity contribution in [2.24, 2.45) is 0 Å². The van der Waals surface area contributed by atoms with Gasteiger partial charge in [0.1, 0.15) is 11.8 Å². The van der Waals surface area contributed by atoms with Gasteiger partial charge in [0.15, 0.2) is 0 Å². The Bertz CT molecular complexity index is 938. The molecule has 2 aromatic carbocycles. The zero-order chi connectivity index (χ0) is 22.5. The molecule has 170 valence electrons. The van der Waals surface area contributed by atoms with Crippen LogP contribution in [0.15, 0.2) is 48.5 Å². The highest BCUT2D eigenvalue weighted by Crippen LogP contribution is 2.32. The molecule has 1 saturated heterocycles. The predicted molar refractivity (Wildman–Crippen MR) is 126 cm³/mol. The van der Waals surface area contributed by atoms with Gasteiger partial charge in [0, 0.05) is 57.4 Å². The molecule has 0 radical (unpaired) electrons. The maximum absolute atomic E-state index is 12.8. The van der Waals surface area contributed by atoms with Crippen molar-refractivity contribution < 1.29 is 14.3 Å². The maximum atomic E-state index is 12.8. The van der Waals surface area contributed by atoms with Crippen molar-refractivity contribution in [1.82, 2.24) is 10.2 Å². The van der Waals surface area contributed by atoms with E-state index in [4.69, 9.17) is 4.74 Å². The van der Waals surface area contributed by atoms with Crippen LogP contribution in [0, 0.1) is 0 Å². The van der Waals surface area contributed by atoms with Crippen LogP contribution in [0.2, 0.25) is 0 Å². The van der Waals surface area contributed by atoms with E-state index < -0.39 is 6.04 Å². The smallest absolute Gasteiger partial charge is 0.243 e. The van der Waals surface area contributed by atoms with Crippen LogP contribution >= 0.6 is 0 Å². The molecule has 7 heteroatoms. The zero-order valence-corrected chi connectivity index (χ0v) is 18.9. The molecular weight excluding hydrogens is 404 g/mol. The molecule has 32 heavy (non-hydrogen) atoms. The van der Waals surface area contributed by atoms with Gasteiger partial charge in [-0.2, -0.15) is 0 Å². The van der Waals surface area contributed by atoms with Crippen molar-refractivity contribution in [3.8, 4) is 5.75 Å². The summed E-state index contributed by atoms with van der Waals surface area (Å²) in [6.45, 7) is 7.10. The Morgan fingerprint density at radius 3 is 2.44 bits per heavy atom. The van der Waals surface area contributed by atoms with Crippen LogP contribution in [-0.2, 0) is 16.0 Å². The molecule has 0 spiro atoms. The second-order valence-corrected chi connectivity index (χ2v) is 8.41. The lowest BCUT2D eigenvalue weighted by molar-refractivity contribution is -0.125. The molecule has 2 amide bonds. The van der Waals surface area contributed by atoms with E-state index in [-0.39, 0.29) is 11.8 Å². The minimum atomic E-state index is -0.446. The summed E-state index contributed by atoms with van der Waals surface area (Å²) in [4.78, 5) is 31.4. The Morgan fingerprint density at radius 1 is 1.03 bits per heavy atom. The Labute approximate surface area is 189 Å². The first-order chi connectivity index (χ1) is 15.6. The third-order valence-corrected chi connectivity index (χ3v) is 6.38. The number of methoxy groups -OCH3 is 1. The van der Waals surface area contributed by atoms with Crippen molar-refractivity contribution in [1.29, 1.82) is 0 Å². The molecule has 7 nitrogen and oxygen atoms in total. The number of fused-ring (bicyclic) bond motifs is 1. The largest absolute Gasteiger partial charge is 0.497 e. The SMILES string of the molecule is COc1ccc(N2CCN(CCCNC(=O)C3Cc4ccccc4N3C(C)=O)CC2)cc1. The fraction of sp³-hybridized carbons (Fsp3) is 0.440. The number of piperazine rings is 1. The molecule has 2 heterocycles. The first-order valence-electron chi connectivity index (χ1n) is 11.3. The number of rotatable bonds is 7. The molecule has 0 aromatic heterocycles. The summed E-state index contributed by atoms with van der Waals surface area (Å²) in [6, 6.07) is 15.5. The summed E-state index contributed by atoms with van der Waals surface area (Å²) in [7, 11) is 1.68. The van der Waals surface area contributed by atoms with Crippen molar-refractivity contribution in [2.45, 2.75) is 25.8 Å². The quantitative estimate of drug-likeness (QED) is 0.675. The van der Waals surface area contributed by atoms with Gasteiger partial charge in [0.2, 0.25) is 11.8 Å². The molecule has 1 fully saturated rings. The molecule has 0 bridgehead atoms. The van der Waals surface area contributed by atoms with Crippen molar-refractivity contribution in [3.63, 3.8) is 0 Å². The van der Waals surface area contributed by atoms with Gasteiger partial charge in [0.05, 0.1) is 7.11 Å². The Morgan fingerprint density at radius 2 is 1.75 bits per heavy atom. The number of nitrogens with zero attached hydrogens (tertiary/aromatic N) is 3. The molecule has 1 N–H and O–H groups in total. The first-order valence-corrected chi connectivity index (χ1v) is 11.3. The number of hydrogen-bond acceptors (Lipinski definition) is 5. The molecule has 1 atom stereocenters. The van der Waals surface area contributed by atoms with Gasteiger partial charge in [0.25, 0.3) is 0 Å². The lowest BCUT2D eigenvalue weighted by Crippen LogP contribution is -2.48. The Hall–Kier alpha value is -3.06. The van der Waals surface area contributed by atoms with Crippen LogP contribution in [0.5, 0.6) is 5.75 Å². The van der Waals surface area contributed by atoms with E-state index in [2.05, 4.69) is 27.2 Å². The van der Waals surface area contributed by atoms with E-state index >= 15 is 0 Å². The van der Waals surface area contributed by atoms with Crippen LogP contribution in [0.1, 0.15) is 18.9 Å². The van der Waals surface area contributed by atoms with Gasteiger partial charge in [-0.15, -0.1) is 0 Å². The van der Waals surface area contributed by atoms with Crippen LogP contribution < -0.4 is 19.9 Å². The monoisotopic (exact) mass is 436 g/mol. The zero-order valence-electron chi connectivity index (χ0n) is 18.9. The van der Waals surface area contributed by atoms with Crippen LogP contribution in [0.25, 0.3) is 0 Å². The summed E-state index contributed by atoms with van der Waals surface area (Å²) in [5, 5.41) is 3.05. The highest BCUT2D eigenvalue weighted by molar-refractivity contribution is 6.02. The van der Waals surface area contributed by atoms with E-state index in [9.17, 15) is 9.59 Å². The number of carbonyl (C=O) groups is 2. The molecule has 2 aliphatic rings. The molecule has 1 unspecified atom stereocenters. The van der Waals surface area contributed by atoms with Crippen molar-refractivity contribution in [2.75, 3.05) is 56.2 Å². The third kappa shape index (κ3) is 4.88. The van der Waals surface area contributed by atoms with Gasteiger partial charge >= 0.3 is 0 Å². The third-order valence-electron chi connectivity index (χ3n) is 6.38. The number of hydrogen-bond donors (Lipinski definition) is 1. The van der Waals surface area contributed by atoms with Gasteiger partial charge in [-0.1, -0.05) is 18.2 Å². The highest BCUT2D eigenvalue weighted by atomic mass is 16.5. The normalized spacial score (nSPS) is 18.4. The summed E-state index contributed by atoms with van der Waals surface area (Å²) < 4.78 is 5.24. The lowest BCUT2D eigenvalue weighted by Gasteiger charge is -2.36. The van der Waals surface area contributed by atoms with E-state index in [1.54, 1.807) is 12.0 Å². The second-order valence-electron chi connectivity index (χ2n) is 8.41. The minimum Gasteiger partial charge on any atom is -0.497 e. The van der Waals surface area contributed by atoms with Crippen molar-refractivity contribution >= 4 is 23.2 Å². The number of ether oxygens (including phenoxy) is 1. The summed E-state index contributed by atoms with van der Waals surface area (Å²) >= 11 is 0. The summed E-state index contributed by atoms with van der Waals surface area (Å²) in [5.74, 6) is 0.716. The van der Waals surface area contributed by atoms with E-state index in [0.29, 0.717) is 13.0 Å². The average molecular weight is 437 g/mol. The van der Waals surface area contributed by atoms with Gasteiger partial charge in [-0.25, -0.2) is 0 Å². The Kier molecular flexibility index (Phi) is 6.95. The van der Waals surface area contributed by atoms with Gasteiger partial charge in [-0.05, 0) is 48.9 Å². The lowest BCUT2D eigenvalue weighted by atomic mass is 10.1. The summed E-state index contributed by atoms with van der Waals surface area (Å²) in [5.41, 5.74) is 3.14. The fourth-order valence-electron chi connectivity index (χ4n) is 4.64. The molecule has 4 rings (SSSR count). The number of nitrogens with one attached hydrogen (secondary N) is 1. The van der Waals surface area contributed by atoms with Crippen LogP contribution in [0.3, 0.4) is 0 Å². The topological polar surface area (TPSA) is 65.1 Å². The van der Waals surface area contributed by atoms with Gasteiger partial charge < -0.3 is 15.0 Å². The molecule has 2 aromatic rings.